The summed E-state index contributed by atoms with van der Waals surface area (Å²) in [6.07, 6.45) is 1.07. The van der Waals surface area contributed by atoms with Crippen LogP contribution >= 0.6 is 0 Å². The standard InChI is InChI=1S/C12H16N2O2/c1-7-5-10(7)14-12(15)8-3-4-9(13)11(6-8)16-2/h3-4,6-7,10H,5,13H2,1-2H3,(H,14,15). The number of carbonyl (C=O) groups excluding carboxylic acids is 1. The van der Waals surface area contributed by atoms with Crippen molar-refractivity contribution in [3.8, 4) is 5.75 Å². The first-order valence-corrected chi connectivity index (χ1v) is 5.36. The molecular formula is C12H16N2O2. The van der Waals surface area contributed by atoms with Gasteiger partial charge in [-0.25, -0.2) is 0 Å². The fourth-order valence-corrected chi connectivity index (χ4v) is 1.63. The summed E-state index contributed by atoms with van der Waals surface area (Å²) in [5.74, 6) is 1.07. The van der Waals surface area contributed by atoms with Gasteiger partial charge in [-0.1, -0.05) is 6.92 Å². The van der Waals surface area contributed by atoms with E-state index in [4.69, 9.17) is 10.5 Å². The van der Waals surface area contributed by atoms with E-state index in [1.165, 1.54) is 7.11 Å². The number of nitrogens with two attached hydrogens (primary N) is 1. The summed E-state index contributed by atoms with van der Waals surface area (Å²) in [6, 6.07) is 5.39. The lowest BCUT2D eigenvalue weighted by molar-refractivity contribution is 0.0949. The molecule has 3 N–H and O–H groups in total. The SMILES string of the molecule is COc1cc(C(=O)NC2CC2C)ccc1N. The number of anilines is 1. The van der Waals surface area contributed by atoms with E-state index in [9.17, 15) is 4.79 Å². The van der Waals surface area contributed by atoms with Crippen LogP contribution in [0.25, 0.3) is 0 Å². The van der Waals surface area contributed by atoms with Gasteiger partial charge < -0.3 is 15.8 Å². The first-order chi connectivity index (χ1) is 7.61. The Hall–Kier alpha value is -1.71. The topological polar surface area (TPSA) is 64.3 Å². The fourth-order valence-electron chi connectivity index (χ4n) is 1.63. The molecule has 1 fully saturated rings. The van der Waals surface area contributed by atoms with Gasteiger partial charge in [0.15, 0.2) is 0 Å². The molecule has 0 saturated heterocycles. The number of ether oxygens (including phenoxy) is 1. The van der Waals surface area contributed by atoms with Gasteiger partial charge in [0.1, 0.15) is 5.75 Å². The predicted octanol–water partition coefficient (Wildman–Crippen LogP) is 1.42. The van der Waals surface area contributed by atoms with Gasteiger partial charge in [-0.15, -0.1) is 0 Å². The highest BCUT2D eigenvalue weighted by atomic mass is 16.5. The van der Waals surface area contributed by atoms with Crippen LogP contribution in [0.2, 0.25) is 0 Å². The van der Waals surface area contributed by atoms with Crippen LogP contribution in [0.4, 0.5) is 5.69 Å². The molecule has 1 aromatic rings. The summed E-state index contributed by atoms with van der Waals surface area (Å²) in [7, 11) is 1.54. The molecule has 0 aromatic heterocycles. The molecule has 4 heteroatoms. The highest BCUT2D eigenvalue weighted by Crippen LogP contribution is 2.29. The number of nitrogens with one attached hydrogen (secondary N) is 1. The van der Waals surface area contributed by atoms with Crippen molar-refractivity contribution in [3.05, 3.63) is 23.8 Å². The van der Waals surface area contributed by atoms with E-state index in [1.807, 2.05) is 0 Å². The lowest BCUT2D eigenvalue weighted by Crippen LogP contribution is -2.26. The number of methoxy groups -OCH3 is 1. The second-order valence-electron chi connectivity index (χ2n) is 4.25. The van der Waals surface area contributed by atoms with Gasteiger partial charge in [-0.3, -0.25) is 4.79 Å². The number of amides is 1. The number of carbonyl (C=O) groups is 1. The van der Waals surface area contributed by atoms with E-state index in [2.05, 4.69) is 12.2 Å². The molecule has 0 radical (unpaired) electrons. The van der Waals surface area contributed by atoms with E-state index >= 15 is 0 Å². The second-order valence-corrected chi connectivity index (χ2v) is 4.25. The Labute approximate surface area is 94.8 Å². The molecule has 1 saturated carbocycles. The molecule has 2 rings (SSSR count). The molecule has 1 aliphatic carbocycles. The van der Waals surface area contributed by atoms with Gasteiger partial charge in [0, 0.05) is 11.6 Å². The molecule has 1 aromatic carbocycles. The maximum atomic E-state index is 11.8. The highest BCUT2D eigenvalue weighted by Gasteiger charge is 2.34. The molecular weight excluding hydrogens is 204 g/mol. The van der Waals surface area contributed by atoms with Crippen LogP contribution in [0.5, 0.6) is 5.75 Å². The number of rotatable bonds is 3. The molecule has 2 unspecified atom stereocenters. The quantitative estimate of drug-likeness (QED) is 0.757. The van der Waals surface area contributed by atoms with Crippen LogP contribution in [0.15, 0.2) is 18.2 Å². The van der Waals surface area contributed by atoms with Crippen molar-refractivity contribution in [3.63, 3.8) is 0 Å². The summed E-state index contributed by atoms with van der Waals surface area (Å²) in [5, 5.41) is 2.96. The maximum absolute atomic E-state index is 11.8. The Morgan fingerprint density at radius 1 is 1.56 bits per heavy atom. The van der Waals surface area contributed by atoms with Crippen molar-refractivity contribution in [2.75, 3.05) is 12.8 Å². The maximum Gasteiger partial charge on any atom is 0.251 e. The largest absolute Gasteiger partial charge is 0.495 e. The Morgan fingerprint density at radius 2 is 2.25 bits per heavy atom. The van der Waals surface area contributed by atoms with Crippen LogP contribution < -0.4 is 15.8 Å². The third kappa shape index (κ3) is 2.10. The van der Waals surface area contributed by atoms with Crippen molar-refractivity contribution < 1.29 is 9.53 Å². The van der Waals surface area contributed by atoms with E-state index in [1.54, 1.807) is 18.2 Å². The second kappa shape index (κ2) is 4.04. The minimum absolute atomic E-state index is 0.0624. The van der Waals surface area contributed by atoms with Crippen LogP contribution in [0.3, 0.4) is 0 Å². The van der Waals surface area contributed by atoms with Crippen LogP contribution in [-0.4, -0.2) is 19.1 Å². The smallest absolute Gasteiger partial charge is 0.251 e. The summed E-state index contributed by atoms with van der Waals surface area (Å²) in [4.78, 5) is 11.8. The molecule has 0 aliphatic heterocycles. The lowest BCUT2D eigenvalue weighted by atomic mass is 10.2. The van der Waals surface area contributed by atoms with Crippen LogP contribution in [-0.2, 0) is 0 Å². The van der Waals surface area contributed by atoms with Gasteiger partial charge in [0.2, 0.25) is 0 Å². The molecule has 1 amide bonds. The molecule has 0 spiro atoms. The van der Waals surface area contributed by atoms with Crippen LogP contribution in [0, 0.1) is 5.92 Å². The van der Waals surface area contributed by atoms with Gasteiger partial charge in [0.05, 0.1) is 12.8 Å². The Kier molecular flexibility index (Phi) is 2.73. The van der Waals surface area contributed by atoms with E-state index < -0.39 is 0 Å². The number of nitrogen functional groups attached to an aromatic ring is 1. The average Bonchev–Trinajstić information content (AvgIpc) is 2.94. The highest BCUT2D eigenvalue weighted by molar-refractivity contribution is 5.95. The summed E-state index contributed by atoms with van der Waals surface area (Å²) >= 11 is 0. The van der Waals surface area contributed by atoms with Gasteiger partial charge in [0.25, 0.3) is 5.91 Å². The minimum Gasteiger partial charge on any atom is -0.495 e. The third-order valence-corrected chi connectivity index (χ3v) is 2.92. The number of hydrogen-bond donors (Lipinski definition) is 2. The molecule has 2 atom stereocenters. The molecule has 16 heavy (non-hydrogen) atoms. The zero-order valence-electron chi connectivity index (χ0n) is 9.49. The summed E-state index contributed by atoms with van der Waals surface area (Å²) < 4.78 is 5.07. The van der Waals surface area contributed by atoms with E-state index in [-0.39, 0.29) is 5.91 Å². The molecule has 4 nitrogen and oxygen atoms in total. The molecule has 86 valence electrons. The summed E-state index contributed by atoms with van der Waals surface area (Å²) in [5.41, 5.74) is 6.81. The minimum atomic E-state index is -0.0624. The van der Waals surface area contributed by atoms with Gasteiger partial charge in [-0.05, 0) is 30.5 Å². The lowest BCUT2D eigenvalue weighted by Gasteiger charge is -2.07. The summed E-state index contributed by atoms with van der Waals surface area (Å²) in [6.45, 7) is 2.12. The average molecular weight is 220 g/mol. The number of benzene rings is 1. The molecule has 0 heterocycles. The van der Waals surface area contributed by atoms with Crippen LogP contribution in [0.1, 0.15) is 23.7 Å². The number of hydrogen-bond acceptors (Lipinski definition) is 3. The van der Waals surface area contributed by atoms with Gasteiger partial charge in [-0.2, -0.15) is 0 Å². The van der Waals surface area contributed by atoms with E-state index in [0.29, 0.717) is 29.0 Å². The van der Waals surface area contributed by atoms with Crippen molar-refractivity contribution >= 4 is 11.6 Å². The zero-order chi connectivity index (χ0) is 11.7. The normalized spacial score (nSPS) is 22.6. The van der Waals surface area contributed by atoms with Crippen molar-refractivity contribution in [1.29, 1.82) is 0 Å². The molecule has 1 aliphatic rings. The predicted molar refractivity (Wildman–Crippen MR) is 62.4 cm³/mol. The van der Waals surface area contributed by atoms with E-state index in [0.717, 1.165) is 6.42 Å². The Balaban J connectivity index is 2.10. The Bertz CT molecular complexity index is 417. The zero-order valence-corrected chi connectivity index (χ0v) is 9.49. The first kappa shape index (κ1) is 10.8. The Morgan fingerprint density at radius 3 is 2.81 bits per heavy atom. The third-order valence-electron chi connectivity index (χ3n) is 2.92. The first-order valence-electron chi connectivity index (χ1n) is 5.36. The molecule has 0 bridgehead atoms. The fraction of sp³-hybridized carbons (Fsp3) is 0.417. The van der Waals surface area contributed by atoms with Gasteiger partial charge >= 0.3 is 0 Å². The van der Waals surface area contributed by atoms with Crippen molar-refractivity contribution in [2.45, 2.75) is 19.4 Å². The van der Waals surface area contributed by atoms with Crippen molar-refractivity contribution in [2.24, 2.45) is 5.92 Å². The monoisotopic (exact) mass is 220 g/mol. The van der Waals surface area contributed by atoms with Crippen molar-refractivity contribution in [1.82, 2.24) is 5.32 Å².